The van der Waals surface area contributed by atoms with Crippen molar-refractivity contribution in [2.24, 2.45) is 0 Å². The molecule has 0 amide bonds. The molecule has 2 bridgehead atoms. The van der Waals surface area contributed by atoms with Crippen molar-refractivity contribution in [3.8, 4) is 12.3 Å². The Balaban J connectivity index is 1.68. The Kier molecular flexibility index (Phi) is 3.87. The molecule has 2 heterocycles. The molecule has 1 aromatic rings. The summed E-state index contributed by atoms with van der Waals surface area (Å²) in [4.78, 5) is 0. The van der Waals surface area contributed by atoms with Crippen LogP contribution in [0.15, 0.2) is 28.7 Å². The lowest BCUT2D eigenvalue weighted by atomic mass is 9.95. The fourth-order valence-corrected chi connectivity index (χ4v) is 3.19. The van der Waals surface area contributed by atoms with Gasteiger partial charge in [-0.2, -0.15) is 0 Å². The number of rotatable bonds is 3. The Labute approximate surface area is 127 Å². The number of aliphatic hydroxyl groups excluding tert-OH is 1. The third-order valence-corrected chi connectivity index (χ3v) is 4.59. The first-order chi connectivity index (χ1) is 9.62. The van der Waals surface area contributed by atoms with Gasteiger partial charge in [-0.1, -0.05) is 34.0 Å². The van der Waals surface area contributed by atoms with Crippen LogP contribution in [0.5, 0.6) is 0 Å². The number of fused-ring (bicyclic) bond motifs is 2. The van der Waals surface area contributed by atoms with Crippen molar-refractivity contribution in [1.29, 1.82) is 0 Å². The highest BCUT2D eigenvalue weighted by Gasteiger charge is 2.52. The highest BCUT2D eigenvalue weighted by Crippen LogP contribution is 2.42. The second-order valence-corrected chi connectivity index (χ2v) is 6.35. The number of benzene rings is 1. The van der Waals surface area contributed by atoms with E-state index in [0.717, 1.165) is 17.3 Å². The van der Waals surface area contributed by atoms with Gasteiger partial charge in [0.1, 0.15) is 12.2 Å². The molecule has 2 aliphatic heterocycles. The van der Waals surface area contributed by atoms with Crippen molar-refractivity contribution < 1.29 is 14.6 Å². The van der Waals surface area contributed by atoms with Crippen molar-refractivity contribution in [3.05, 3.63) is 34.3 Å². The molecule has 0 spiro atoms. The summed E-state index contributed by atoms with van der Waals surface area (Å²) in [7, 11) is 0. The third kappa shape index (κ3) is 2.64. The number of terminal acetylenes is 1. The average Bonchev–Trinajstić information content (AvgIpc) is 2.78. The standard InChI is InChI=1S/C16H17BrO3/c1-2-14-15-13(18)8-10-16(19-14,20-15)9-7-11-3-5-12(17)6-4-11/h1,3-6,13-15,18H,7-10H2/t13-,14+,15-,16-/m0/s1. The largest absolute Gasteiger partial charge is 0.390 e. The maximum Gasteiger partial charge on any atom is 0.171 e. The van der Waals surface area contributed by atoms with Crippen molar-refractivity contribution in [2.45, 2.75) is 49.8 Å². The van der Waals surface area contributed by atoms with E-state index < -0.39 is 18.0 Å². The highest BCUT2D eigenvalue weighted by molar-refractivity contribution is 9.10. The smallest absolute Gasteiger partial charge is 0.171 e. The van der Waals surface area contributed by atoms with Crippen LogP contribution in [-0.2, 0) is 15.9 Å². The molecule has 0 radical (unpaired) electrons. The summed E-state index contributed by atoms with van der Waals surface area (Å²) in [5, 5.41) is 9.92. The first-order valence-electron chi connectivity index (χ1n) is 6.86. The molecule has 0 unspecified atom stereocenters. The Bertz CT molecular complexity index is 522. The molecular formula is C16H17BrO3. The highest BCUT2D eigenvalue weighted by atomic mass is 79.9. The molecule has 2 fully saturated rings. The number of halogens is 1. The van der Waals surface area contributed by atoms with Crippen LogP contribution < -0.4 is 0 Å². The van der Waals surface area contributed by atoms with Crippen LogP contribution in [0.4, 0.5) is 0 Å². The molecule has 106 valence electrons. The van der Waals surface area contributed by atoms with Crippen LogP contribution in [0.25, 0.3) is 0 Å². The van der Waals surface area contributed by atoms with Crippen LogP contribution in [0.2, 0.25) is 0 Å². The van der Waals surface area contributed by atoms with E-state index in [1.165, 1.54) is 5.56 Å². The molecule has 2 saturated heterocycles. The first kappa shape index (κ1) is 14.1. The van der Waals surface area contributed by atoms with E-state index in [0.29, 0.717) is 12.8 Å². The molecule has 1 aromatic carbocycles. The second kappa shape index (κ2) is 5.50. The fraction of sp³-hybridized carbons (Fsp3) is 0.500. The maximum absolute atomic E-state index is 9.92. The van der Waals surface area contributed by atoms with Crippen LogP contribution in [0.3, 0.4) is 0 Å². The van der Waals surface area contributed by atoms with Gasteiger partial charge in [0.25, 0.3) is 0 Å². The monoisotopic (exact) mass is 336 g/mol. The fourth-order valence-electron chi connectivity index (χ4n) is 2.92. The van der Waals surface area contributed by atoms with Crippen molar-refractivity contribution >= 4 is 15.9 Å². The van der Waals surface area contributed by atoms with E-state index in [2.05, 4.69) is 34.0 Å². The minimum Gasteiger partial charge on any atom is -0.390 e. The molecule has 1 N–H and O–H groups in total. The van der Waals surface area contributed by atoms with E-state index in [-0.39, 0.29) is 6.10 Å². The predicted molar refractivity (Wildman–Crippen MR) is 79.0 cm³/mol. The van der Waals surface area contributed by atoms with Gasteiger partial charge in [-0.3, -0.25) is 0 Å². The molecule has 4 heteroatoms. The maximum atomic E-state index is 9.92. The number of aliphatic hydroxyl groups is 1. The number of ether oxygens (including phenoxy) is 2. The van der Waals surface area contributed by atoms with E-state index in [4.69, 9.17) is 15.9 Å². The van der Waals surface area contributed by atoms with Gasteiger partial charge in [-0.25, -0.2) is 0 Å². The third-order valence-electron chi connectivity index (χ3n) is 4.06. The zero-order valence-corrected chi connectivity index (χ0v) is 12.7. The average molecular weight is 337 g/mol. The first-order valence-corrected chi connectivity index (χ1v) is 7.65. The number of hydrogen-bond donors (Lipinski definition) is 1. The van der Waals surface area contributed by atoms with Crippen LogP contribution >= 0.6 is 15.9 Å². The molecule has 4 atom stereocenters. The van der Waals surface area contributed by atoms with Crippen molar-refractivity contribution in [1.82, 2.24) is 0 Å². The van der Waals surface area contributed by atoms with Gasteiger partial charge in [0.2, 0.25) is 0 Å². The Morgan fingerprint density at radius 2 is 2.10 bits per heavy atom. The lowest BCUT2D eigenvalue weighted by Crippen LogP contribution is -2.41. The summed E-state index contributed by atoms with van der Waals surface area (Å²) in [6.45, 7) is 0. The number of aryl methyl sites for hydroxylation is 1. The van der Waals surface area contributed by atoms with Gasteiger partial charge >= 0.3 is 0 Å². The van der Waals surface area contributed by atoms with Gasteiger partial charge in [0.15, 0.2) is 5.79 Å². The lowest BCUT2D eigenvalue weighted by molar-refractivity contribution is -0.212. The van der Waals surface area contributed by atoms with Crippen LogP contribution in [0.1, 0.15) is 24.8 Å². The normalized spacial score (nSPS) is 35.8. The molecule has 0 aromatic heterocycles. The quantitative estimate of drug-likeness (QED) is 0.862. The van der Waals surface area contributed by atoms with E-state index >= 15 is 0 Å². The molecule has 20 heavy (non-hydrogen) atoms. The zero-order valence-electron chi connectivity index (χ0n) is 11.1. The van der Waals surface area contributed by atoms with E-state index in [9.17, 15) is 5.11 Å². The Morgan fingerprint density at radius 1 is 1.35 bits per heavy atom. The SMILES string of the molecule is C#C[C@H]1O[C@]2(CCc3ccc(Br)cc3)CC[C@H](O)[C@@H]1O2. The van der Waals surface area contributed by atoms with Gasteiger partial charge < -0.3 is 14.6 Å². The van der Waals surface area contributed by atoms with Gasteiger partial charge in [0, 0.05) is 17.3 Å². The van der Waals surface area contributed by atoms with Gasteiger partial charge in [-0.15, -0.1) is 6.42 Å². The lowest BCUT2D eigenvalue weighted by Gasteiger charge is -2.33. The molecular weight excluding hydrogens is 320 g/mol. The molecule has 3 rings (SSSR count). The Morgan fingerprint density at radius 3 is 2.80 bits per heavy atom. The van der Waals surface area contributed by atoms with Crippen LogP contribution in [-0.4, -0.2) is 29.2 Å². The summed E-state index contributed by atoms with van der Waals surface area (Å²) >= 11 is 3.43. The summed E-state index contributed by atoms with van der Waals surface area (Å²) in [5.41, 5.74) is 1.24. The predicted octanol–water partition coefficient (Wildman–Crippen LogP) is 2.65. The Hall–Kier alpha value is -0.860. The zero-order chi connectivity index (χ0) is 14.2. The van der Waals surface area contributed by atoms with Gasteiger partial charge in [-0.05, 0) is 30.5 Å². The van der Waals surface area contributed by atoms with E-state index in [1.54, 1.807) is 0 Å². The van der Waals surface area contributed by atoms with Crippen molar-refractivity contribution in [2.75, 3.05) is 0 Å². The summed E-state index contributed by atoms with van der Waals surface area (Å²) in [5.74, 6) is 1.97. The second-order valence-electron chi connectivity index (χ2n) is 5.43. The van der Waals surface area contributed by atoms with Gasteiger partial charge in [0.05, 0.1) is 6.10 Å². The molecule has 0 aliphatic carbocycles. The van der Waals surface area contributed by atoms with Crippen LogP contribution in [0, 0.1) is 12.3 Å². The molecule has 3 nitrogen and oxygen atoms in total. The van der Waals surface area contributed by atoms with Crippen molar-refractivity contribution in [3.63, 3.8) is 0 Å². The minimum atomic E-state index is -0.617. The molecule has 0 saturated carbocycles. The van der Waals surface area contributed by atoms with E-state index in [1.807, 2.05) is 12.1 Å². The summed E-state index contributed by atoms with van der Waals surface area (Å²) < 4.78 is 12.9. The minimum absolute atomic E-state index is 0.376. The molecule has 2 aliphatic rings. The summed E-state index contributed by atoms with van der Waals surface area (Å²) in [6, 6.07) is 8.23. The summed E-state index contributed by atoms with van der Waals surface area (Å²) in [6.07, 6.45) is 7.15. The number of hydrogen-bond acceptors (Lipinski definition) is 3. The topological polar surface area (TPSA) is 38.7 Å².